The van der Waals surface area contributed by atoms with Gasteiger partial charge < -0.3 is 4.52 Å². The van der Waals surface area contributed by atoms with Crippen LogP contribution in [0.3, 0.4) is 0 Å². The molecule has 1 aliphatic heterocycles. The molecule has 3 aromatic rings. The highest BCUT2D eigenvalue weighted by atomic mass is 32.1. The summed E-state index contributed by atoms with van der Waals surface area (Å²) in [5.74, 6) is 3.15. The van der Waals surface area contributed by atoms with Crippen molar-refractivity contribution in [2.24, 2.45) is 0 Å². The second-order valence-electron chi connectivity index (χ2n) is 6.14. The predicted molar refractivity (Wildman–Crippen MR) is 90.5 cm³/mol. The number of likely N-dealkylation sites (tertiary alicyclic amines) is 1. The second kappa shape index (κ2) is 6.45. The Balaban J connectivity index is 1.44. The molecule has 8 heteroatoms. The van der Waals surface area contributed by atoms with Crippen LogP contribution in [-0.2, 0) is 13.1 Å². The first-order valence-corrected chi connectivity index (χ1v) is 9.05. The van der Waals surface area contributed by atoms with Crippen molar-refractivity contribution in [3.05, 3.63) is 35.1 Å². The van der Waals surface area contributed by atoms with Gasteiger partial charge in [-0.3, -0.25) is 4.90 Å². The third kappa shape index (κ3) is 3.11. The van der Waals surface area contributed by atoms with Crippen LogP contribution in [0.4, 0.5) is 0 Å². The Bertz CT molecular complexity index is 809. The van der Waals surface area contributed by atoms with E-state index in [0.717, 1.165) is 36.0 Å². The highest BCUT2D eigenvalue weighted by Gasteiger charge is 2.27. The van der Waals surface area contributed by atoms with Crippen LogP contribution >= 0.6 is 11.3 Å². The van der Waals surface area contributed by atoms with Crippen molar-refractivity contribution >= 4 is 11.3 Å². The van der Waals surface area contributed by atoms with Crippen molar-refractivity contribution in [1.29, 1.82) is 0 Å². The van der Waals surface area contributed by atoms with Gasteiger partial charge in [-0.05, 0) is 44.7 Å². The van der Waals surface area contributed by atoms with Gasteiger partial charge in [0.2, 0.25) is 11.7 Å². The fraction of sp³-hybridized carbons (Fsp3) is 0.500. The van der Waals surface area contributed by atoms with Crippen LogP contribution in [0.5, 0.6) is 0 Å². The minimum absolute atomic E-state index is 0.432. The maximum atomic E-state index is 5.45. The molecule has 0 N–H and O–H groups in total. The van der Waals surface area contributed by atoms with Crippen LogP contribution in [0, 0.1) is 13.8 Å². The van der Waals surface area contributed by atoms with E-state index in [0.29, 0.717) is 24.3 Å². The van der Waals surface area contributed by atoms with Crippen LogP contribution in [0.1, 0.15) is 30.4 Å². The van der Waals surface area contributed by atoms with Crippen LogP contribution in [0.15, 0.2) is 22.0 Å². The molecule has 24 heavy (non-hydrogen) atoms. The molecular weight excluding hydrogens is 324 g/mol. The largest absolute Gasteiger partial charge is 0.338 e. The first kappa shape index (κ1) is 15.5. The van der Waals surface area contributed by atoms with Crippen LogP contribution in [0.25, 0.3) is 10.7 Å². The molecule has 1 atom stereocenters. The van der Waals surface area contributed by atoms with Gasteiger partial charge in [0.05, 0.1) is 18.0 Å². The summed E-state index contributed by atoms with van der Waals surface area (Å²) in [5.41, 5.74) is 0. The summed E-state index contributed by atoms with van der Waals surface area (Å²) < 4.78 is 7.45. The predicted octanol–water partition coefficient (Wildman–Crippen LogP) is 2.67. The molecule has 0 unspecified atom stereocenters. The molecule has 3 aromatic heterocycles. The summed E-state index contributed by atoms with van der Waals surface area (Å²) in [6, 6.07) is 4.44. The van der Waals surface area contributed by atoms with Crippen molar-refractivity contribution in [3.8, 4) is 10.7 Å². The summed E-state index contributed by atoms with van der Waals surface area (Å²) >= 11 is 1.62. The second-order valence-corrected chi connectivity index (χ2v) is 7.09. The number of hydrogen-bond donors (Lipinski definition) is 0. The summed E-state index contributed by atoms with van der Waals surface area (Å²) in [4.78, 5) is 12.4. The fourth-order valence-corrected chi connectivity index (χ4v) is 3.89. The Morgan fingerprint density at radius 1 is 1.33 bits per heavy atom. The van der Waals surface area contributed by atoms with E-state index in [-0.39, 0.29) is 0 Å². The van der Waals surface area contributed by atoms with E-state index in [9.17, 15) is 0 Å². The van der Waals surface area contributed by atoms with E-state index in [1.54, 1.807) is 11.3 Å². The molecule has 0 saturated carbocycles. The zero-order valence-corrected chi connectivity index (χ0v) is 14.7. The van der Waals surface area contributed by atoms with Gasteiger partial charge in [-0.1, -0.05) is 11.2 Å². The molecule has 4 rings (SSSR count). The molecular formula is C16H20N6OS. The third-order valence-corrected chi connectivity index (χ3v) is 5.26. The van der Waals surface area contributed by atoms with Crippen molar-refractivity contribution < 1.29 is 4.52 Å². The van der Waals surface area contributed by atoms with E-state index in [1.165, 1.54) is 6.42 Å². The number of aryl methyl sites for hydroxylation is 2. The minimum Gasteiger partial charge on any atom is -0.338 e. The number of nitrogens with zero attached hydrogens (tertiary/aromatic N) is 6. The smallest absolute Gasteiger partial charge is 0.241 e. The molecule has 4 heterocycles. The van der Waals surface area contributed by atoms with Crippen LogP contribution in [-0.4, -0.2) is 42.4 Å². The Kier molecular flexibility index (Phi) is 4.15. The highest BCUT2D eigenvalue weighted by molar-refractivity contribution is 7.13. The maximum Gasteiger partial charge on any atom is 0.241 e. The molecule has 0 bridgehead atoms. The lowest BCUT2D eigenvalue weighted by Gasteiger charge is -2.22. The lowest BCUT2D eigenvalue weighted by atomic mass is 10.2. The molecule has 126 valence electrons. The molecule has 1 saturated heterocycles. The summed E-state index contributed by atoms with van der Waals surface area (Å²) in [5, 5.41) is 10.6. The summed E-state index contributed by atoms with van der Waals surface area (Å²) in [6.07, 6.45) is 2.34. The van der Waals surface area contributed by atoms with Crippen LogP contribution < -0.4 is 0 Å². The highest BCUT2D eigenvalue weighted by Crippen LogP contribution is 2.24. The Morgan fingerprint density at radius 3 is 3.00 bits per heavy atom. The van der Waals surface area contributed by atoms with Crippen molar-refractivity contribution in [3.63, 3.8) is 0 Å². The zero-order chi connectivity index (χ0) is 16.5. The molecule has 1 fully saturated rings. The summed E-state index contributed by atoms with van der Waals surface area (Å²) in [7, 11) is 0. The zero-order valence-electron chi connectivity index (χ0n) is 13.8. The first-order valence-electron chi connectivity index (χ1n) is 8.17. The topological polar surface area (TPSA) is 72.9 Å². The lowest BCUT2D eigenvalue weighted by Crippen LogP contribution is -2.33. The molecule has 0 aromatic carbocycles. The Hall–Kier alpha value is -2.06. The van der Waals surface area contributed by atoms with E-state index in [2.05, 4.69) is 25.1 Å². The SMILES string of the molecule is Cc1nc(C)n(C[C@H]2CCCN2Cc2nc(-c3cccs3)no2)n1. The van der Waals surface area contributed by atoms with Gasteiger partial charge in [0, 0.05) is 6.04 Å². The van der Waals surface area contributed by atoms with Gasteiger partial charge >= 0.3 is 0 Å². The quantitative estimate of drug-likeness (QED) is 0.708. The van der Waals surface area contributed by atoms with E-state index in [4.69, 9.17) is 4.52 Å². The third-order valence-electron chi connectivity index (χ3n) is 4.39. The number of rotatable bonds is 5. The van der Waals surface area contributed by atoms with Gasteiger partial charge in [-0.2, -0.15) is 10.1 Å². The minimum atomic E-state index is 0.432. The number of aromatic nitrogens is 5. The Labute approximate surface area is 144 Å². The molecule has 7 nitrogen and oxygen atoms in total. The van der Waals surface area contributed by atoms with Crippen molar-refractivity contribution in [2.75, 3.05) is 6.54 Å². The van der Waals surface area contributed by atoms with Gasteiger partial charge in [-0.15, -0.1) is 11.3 Å². The number of thiophene rings is 1. The van der Waals surface area contributed by atoms with Gasteiger partial charge in [0.15, 0.2) is 0 Å². The Morgan fingerprint density at radius 2 is 2.25 bits per heavy atom. The van der Waals surface area contributed by atoms with Crippen molar-refractivity contribution in [1.82, 2.24) is 29.8 Å². The maximum absolute atomic E-state index is 5.45. The van der Waals surface area contributed by atoms with Gasteiger partial charge in [0.25, 0.3) is 0 Å². The van der Waals surface area contributed by atoms with Gasteiger partial charge in [-0.25, -0.2) is 9.67 Å². The summed E-state index contributed by atoms with van der Waals surface area (Å²) in [6.45, 7) is 6.54. The standard InChI is InChI=1S/C16H20N6OS/c1-11-17-12(2)22(19-11)9-13-5-3-7-21(13)10-15-18-16(20-23-15)14-6-4-8-24-14/h4,6,8,13H,3,5,7,9-10H2,1-2H3/t13-/m1/s1. The first-order chi connectivity index (χ1) is 11.7. The monoisotopic (exact) mass is 344 g/mol. The average Bonchev–Trinajstić information content (AvgIpc) is 3.30. The van der Waals surface area contributed by atoms with E-state index >= 15 is 0 Å². The molecule has 0 amide bonds. The normalized spacial score (nSPS) is 18.5. The average molecular weight is 344 g/mol. The fourth-order valence-electron chi connectivity index (χ4n) is 3.24. The lowest BCUT2D eigenvalue weighted by molar-refractivity contribution is 0.191. The molecule has 1 aliphatic rings. The molecule has 0 aliphatic carbocycles. The van der Waals surface area contributed by atoms with Crippen LogP contribution in [0.2, 0.25) is 0 Å². The van der Waals surface area contributed by atoms with E-state index in [1.807, 2.05) is 36.0 Å². The van der Waals surface area contributed by atoms with Crippen molar-refractivity contribution in [2.45, 2.75) is 45.8 Å². The van der Waals surface area contributed by atoms with Gasteiger partial charge in [0.1, 0.15) is 11.6 Å². The molecule has 0 radical (unpaired) electrons. The van der Waals surface area contributed by atoms with E-state index < -0.39 is 0 Å². The molecule has 0 spiro atoms. The number of hydrogen-bond acceptors (Lipinski definition) is 7.